The first-order valence-corrected chi connectivity index (χ1v) is 10.8. The zero-order chi connectivity index (χ0) is 21.0. The molecule has 1 fully saturated rings. The van der Waals surface area contributed by atoms with Gasteiger partial charge in [0.15, 0.2) is 5.75 Å². The third kappa shape index (κ3) is 5.55. The minimum absolute atomic E-state index is 0.195. The van der Waals surface area contributed by atoms with E-state index in [4.69, 9.17) is 49.0 Å². The SMILES string of the molecule is COc1ccc(C2NC(C(=O)O)CS2)c(OCCOc2c(Cl)cc(Cl)cc2Cl)c1. The Balaban J connectivity index is 1.66. The maximum atomic E-state index is 11.2. The maximum absolute atomic E-state index is 11.2. The first-order valence-electron chi connectivity index (χ1n) is 8.57. The van der Waals surface area contributed by atoms with E-state index in [0.717, 1.165) is 5.56 Å². The predicted molar refractivity (Wildman–Crippen MR) is 115 cm³/mol. The van der Waals surface area contributed by atoms with Gasteiger partial charge in [0.2, 0.25) is 0 Å². The first-order chi connectivity index (χ1) is 13.9. The standard InChI is InChI=1S/C19H18Cl3NO5S/c1-26-11-2-3-12(18-23-15(9-29-18)19(24)25)16(8-11)27-4-5-28-17-13(21)6-10(20)7-14(17)22/h2-3,6-8,15,18,23H,4-5,9H2,1H3,(H,24,25). The fraction of sp³-hybridized carbons (Fsp3) is 0.316. The summed E-state index contributed by atoms with van der Waals surface area (Å²) in [6.07, 6.45) is 0. The van der Waals surface area contributed by atoms with Gasteiger partial charge >= 0.3 is 5.97 Å². The molecule has 3 rings (SSSR count). The molecule has 1 aliphatic rings. The van der Waals surface area contributed by atoms with E-state index < -0.39 is 12.0 Å². The number of halogens is 3. The van der Waals surface area contributed by atoms with Crippen molar-refractivity contribution < 1.29 is 24.1 Å². The lowest BCUT2D eigenvalue weighted by Crippen LogP contribution is -2.33. The van der Waals surface area contributed by atoms with E-state index in [-0.39, 0.29) is 18.6 Å². The van der Waals surface area contributed by atoms with Crippen molar-refractivity contribution in [3.8, 4) is 17.2 Å². The summed E-state index contributed by atoms with van der Waals surface area (Å²) in [5.74, 6) is 1.15. The summed E-state index contributed by atoms with van der Waals surface area (Å²) in [6.45, 7) is 0.413. The van der Waals surface area contributed by atoms with Crippen LogP contribution < -0.4 is 19.5 Å². The monoisotopic (exact) mass is 477 g/mol. The van der Waals surface area contributed by atoms with E-state index in [9.17, 15) is 9.90 Å². The zero-order valence-corrected chi connectivity index (χ0v) is 18.4. The summed E-state index contributed by atoms with van der Waals surface area (Å²) in [5, 5.41) is 13.1. The summed E-state index contributed by atoms with van der Waals surface area (Å²) >= 11 is 19.6. The van der Waals surface area contributed by atoms with E-state index in [2.05, 4.69) is 5.32 Å². The Morgan fingerprint density at radius 1 is 1.17 bits per heavy atom. The Kier molecular flexibility index (Phi) is 7.65. The summed E-state index contributed by atoms with van der Waals surface area (Å²) in [4.78, 5) is 11.2. The Hall–Kier alpha value is -1.51. The Morgan fingerprint density at radius 2 is 1.86 bits per heavy atom. The minimum atomic E-state index is -0.874. The van der Waals surface area contributed by atoms with Crippen molar-refractivity contribution in [1.82, 2.24) is 5.32 Å². The lowest BCUT2D eigenvalue weighted by molar-refractivity contribution is -0.138. The quantitative estimate of drug-likeness (QED) is 0.522. The number of ether oxygens (including phenoxy) is 3. The lowest BCUT2D eigenvalue weighted by Gasteiger charge is -2.18. The van der Waals surface area contributed by atoms with Crippen LogP contribution in [0.2, 0.25) is 15.1 Å². The lowest BCUT2D eigenvalue weighted by atomic mass is 10.1. The number of rotatable bonds is 8. The van der Waals surface area contributed by atoms with Gasteiger partial charge in [-0.15, -0.1) is 11.8 Å². The second-order valence-electron chi connectivity index (χ2n) is 6.07. The number of carboxylic acids is 1. The molecule has 29 heavy (non-hydrogen) atoms. The second kappa shape index (κ2) is 10.00. The van der Waals surface area contributed by atoms with Gasteiger partial charge in [-0.25, -0.2) is 0 Å². The van der Waals surface area contributed by atoms with Gasteiger partial charge in [-0.2, -0.15) is 0 Å². The summed E-state index contributed by atoms with van der Waals surface area (Å²) in [6, 6.07) is 7.92. The van der Waals surface area contributed by atoms with Gasteiger partial charge in [-0.3, -0.25) is 10.1 Å². The fourth-order valence-electron chi connectivity index (χ4n) is 2.74. The normalized spacial score (nSPS) is 18.5. The Bertz CT molecular complexity index is 875. The van der Waals surface area contributed by atoms with Gasteiger partial charge in [0, 0.05) is 22.4 Å². The van der Waals surface area contributed by atoms with Crippen LogP contribution in [0.5, 0.6) is 17.2 Å². The molecule has 0 aromatic heterocycles. The van der Waals surface area contributed by atoms with Gasteiger partial charge in [0.25, 0.3) is 0 Å². The van der Waals surface area contributed by atoms with Crippen molar-refractivity contribution >= 4 is 52.5 Å². The highest BCUT2D eigenvalue weighted by molar-refractivity contribution is 7.99. The highest BCUT2D eigenvalue weighted by Gasteiger charge is 2.32. The number of nitrogens with one attached hydrogen (secondary N) is 1. The third-order valence-electron chi connectivity index (χ3n) is 4.13. The predicted octanol–water partition coefficient (Wildman–Crippen LogP) is 4.90. The number of aliphatic carboxylic acids is 1. The molecule has 0 amide bonds. The number of benzene rings is 2. The Morgan fingerprint density at radius 3 is 2.48 bits per heavy atom. The van der Waals surface area contributed by atoms with Crippen LogP contribution in [0.25, 0.3) is 0 Å². The molecule has 1 saturated heterocycles. The number of thioether (sulfide) groups is 1. The highest BCUT2D eigenvalue weighted by Crippen LogP contribution is 2.39. The number of carboxylic acid groups (broad SMARTS) is 1. The first kappa shape index (κ1) is 22.2. The van der Waals surface area contributed by atoms with E-state index in [0.29, 0.717) is 38.1 Å². The van der Waals surface area contributed by atoms with E-state index in [1.165, 1.54) is 11.8 Å². The molecule has 0 bridgehead atoms. The smallest absolute Gasteiger partial charge is 0.321 e. The van der Waals surface area contributed by atoms with Gasteiger partial charge in [0.1, 0.15) is 30.8 Å². The van der Waals surface area contributed by atoms with Crippen molar-refractivity contribution in [3.63, 3.8) is 0 Å². The molecular formula is C19H18Cl3NO5S. The van der Waals surface area contributed by atoms with Crippen LogP contribution in [0.3, 0.4) is 0 Å². The van der Waals surface area contributed by atoms with Gasteiger partial charge in [-0.1, -0.05) is 34.8 Å². The molecule has 2 atom stereocenters. The van der Waals surface area contributed by atoms with Crippen LogP contribution in [0.15, 0.2) is 30.3 Å². The molecule has 6 nitrogen and oxygen atoms in total. The van der Waals surface area contributed by atoms with Gasteiger partial charge in [0.05, 0.1) is 22.5 Å². The van der Waals surface area contributed by atoms with E-state index in [1.54, 1.807) is 25.3 Å². The highest BCUT2D eigenvalue weighted by atomic mass is 35.5. The van der Waals surface area contributed by atoms with Crippen LogP contribution in [0.4, 0.5) is 0 Å². The zero-order valence-electron chi connectivity index (χ0n) is 15.3. The van der Waals surface area contributed by atoms with Crippen molar-refractivity contribution in [2.24, 2.45) is 0 Å². The van der Waals surface area contributed by atoms with Crippen molar-refractivity contribution in [3.05, 3.63) is 51.0 Å². The summed E-state index contributed by atoms with van der Waals surface area (Å²) in [7, 11) is 1.56. The number of methoxy groups -OCH3 is 1. The number of hydrogen-bond donors (Lipinski definition) is 2. The molecule has 1 aliphatic heterocycles. The van der Waals surface area contributed by atoms with Crippen LogP contribution in [-0.4, -0.2) is 43.2 Å². The van der Waals surface area contributed by atoms with Gasteiger partial charge < -0.3 is 19.3 Å². The molecule has 0 radical (unpaired) electrons. The molecule has 2 aromatic rings. The molecule has 1 heterocycles. The minimum Gasteiger partial charge on any atom is -0.497 e. The summed E-state index contributed by atoms with van der Waals surface area (Å²) < 4.78 is 16.8. The maximum Gasteiger partial charge on any atom is 0.321 e. The number of hydrogen-bond acceptors (Lipinski definition) is 6. The topological polar surface area (TPSA) is 77.0 Å². The average molecular weight is 479 g/mol. The molecule has 0 saturated carbocycles. The molecule has 2 N–H and O–H groups in total. The molecule has 0 aliphatic carbocycles. The van der Waals surface area contributed by atoms with Crippen LogP contribution in [-0.2, 0) is 4.79 Å². The third-order valence-corrected chi connectivity index (χ3v) is 6.16. The summed E-state index contributed by atoms with van der Waals surface area (Å²) in [5.41, 5.74) is 0.835. The molecular weight excluding hydrogens is 461 g/mol. The molecule has 2 aromatic carbocycles. The van der Waals surface area contributed by atoms with Crippen molar-refractivity contribution in [1.29, 1.82) is 0 Å². The largest absolute Gasteiger partial charge is 0.497 e. The molecule has 156 valence electrons. The van der Waals surface area contributed by atoms with Crippen molar-refractivity contribution in [2.45, 2.75) is 11.4 Å². The van der Waals surface area contributed by atoms with Crippen LogP contribution in [0, 0.1) is 0 Å². The Labute approximate surface area is 187 Å². The van der Waals surface area contributed by atoms with Crippen LogP contribution in [0.1, 0.15) is 10.9 Å². The van der Waals surface area contributed by atoms with Gasteiger partial charge in [-0.05, 0) is 24.3 Å². The second-order valence-corrected chi connectivity index (χ2v) is 8.46. The molecule has 0 spiro atoms. The fourth-order valence-corrected chi connectivity index (χ4v) is 4.92. The average Bonchev–Trinajstić information content (AvgIpc) is 3.16. The van der Waals surface area contributed by atoms with E-state index >= 15 is 0 Å². The number of carbonyl (C=O) groups is 1. The van der Waals surface area contributed by atoms with Crippen molar-refractivity contribution in [2.75, 3.05) is 26.1 Å². The molecule has 10 heteroatoms. The van der Waals surface area contributed by atoms with Crippen LogP contribution >= 0.6 is 46.6 Å². The van der Waals surface area contributed by atoms with E-state index in [1.807, 2.05) is 12.1 Å². The molecule has 2 unspecified atom stereocenters.